The van der Waals surface area contributed by atoms with E-state index in [1.54, 1.807) is 12.3 Å². The molecule has 0 radical (unpaired) electrons. The first-order chi connectivity index (χ1) is 7.13. The molecule has 1 heterocycles. The van der Waals surface area contributed by atoms with Crippen LogP contribution in [0.5, 0.6) is 5.88 Å². The maximum Gasteiger partial charge on any atom is 0.261 e. The summed E-state index contributed by atoms with van der Waals surface area (Å²) in [7, 11) is -1.17. The van der Waals surface area contributed by atoms with Crippen LogP contribution < -0.4 is 9.01 Å². The lowest BCUT2D eigenvalue weighted by Crippen LogP contribution is -2.03. The monoisotopic (exact) mass is 250 g/mol. The summed E-state index contributed by atoms with van der Waals surface area (Å²) in [5, 5.41) is 0. The van der Waals surface area contributed by atoms with Crippen LogP contribution in [0.15, 0.2) is 12.3 Å². The zero-order chi connectivity index (χ0) is 11.8. The largest absolute Gasteiger partial charge is 0.362 e. The standard InChI is InChI=1S/C7H9ClN2O2S.C2H6/c1-5-3-6(10-13(2)11)7(12-8)9-4-5;1-2/h3-4,10H,1-2H3;1-2H3. The van der Waals surface area contributed by atoms with E-state index in [0.29, 0.717) is 5.69 Å². The van der Waals surface area contributed by atoms with Gasteiger partial charge in [-0.1, -0.05) is 13.8 Å². The number of aryl methyl sites for hydroxylation is 1. The third-order valence-corrected chi connectivity index (χ3v) is 1.97. The number of anilines is 1. The Balaban J connectivity index is 0.000000921. The van der Waals surface area contributed by atoms with Gasteiger partial charge in [0.2, 0.25) is 0 Å². The topological polar surface area (TPSA) is 51.2 Å². The van der Waals surface area contributed by atoms with Gasteiger partial charge in [0.25, 0.3) is 5.88 Å². The number of hydrogen-bond donors (Lipinski definition) is 1. The van der Waals surface area contributed by atoms with Gasteiger partial charge in [0.1, 0.15) is 28.5 Å². The van der Waals surface area contributed by atoms with Crippen LogP contribution in [0.2, 0.25) is 0 Å². The Morgan fingerprint density at radius 3 is 2.60 bits per heavy atom. The Hall–Kier alpha value is -0.810. The highest BCUT2D eigenvalue weighted by molar-refractivity contribution is 7.85. The average molecular weight is 251 g/mol. The minimum atomic E-state index is -1.17. The molecule has 0 spiro atoms. The molecule has 15 heavy (non-hydrogen) atoms. The molecule has 6 heteroatoms. The van der Waals surface area contributed by atoms with Crippen molar-refractivity contribution in [3.05, 3.63) is 17.8 Å². The molecule has 1 rings (SSSR count). The van der Waals surface area contributed by atoms with E-state index in [9.17, 15) is 4.21 Å². The fraction of sp³-hybridized carbons (Fsp3) is 0.444. The molecule has 1 unspecified atom stereocenters. The van der Waals surface area contributed by atoms with Gasteiger partial charge in [0, 0.05) is 12.5 Å². The molecule has 4 nitrogen and oxygen atoms in total. The number of aromatic nitrogens is 1. The van der Waals surface area contributed by atoms with Gasteiger partial charge in [-0.05, 0) is 18.6 Å². The van der Waals surface area contributed by atoms with Crippen molar-refractivity contribution in [1.29, 1.82) is 0 Å². The van der Waals surface area contributed by atoms with Gasteiger partial charge < -0.3 is 9.01 Å². The van der Waals surface area contributed by atoms with Crippen LogP contribution in [0.1, 0.15) is 19.4 Å². The molecular formula is C9H15ClN2O2S. The third kappa shape index (κ3) is 4.99. The molecule has 0 saturated heterocycles. The van der Waals surface area contributed by atoms with E-state index in [1.807, 2.05) is 20.8 Å². The Kier molecular flexibility index (Phi) is 7.07. The maximum atomic E-state index is 10.9. The lowest BCUT2D eigenvalue weighted by atomic mass is 10.3. The summed E-state index contributed by atoms with van der Waals surface area (Å²) in [4.78, 5) is 3.90. The van der Waals surface area contributed by atoms with Gasteiger partial charge in [0.05, 0.1) is 0 Å². The molecular weight excluding hydrogens is 236 g/mol. The second-order valence-electron chi connectivity index (χ2n) is 2.50. The molecule has 0 bridgehead atoms. The van der Waals surface area contributed by atoms with Crippen molar-refractivity contribution in [3.8, 4) is 5.88 Å². The predicted molar refractivity (Wildman–Crippen MR) is 64.5 cm³/mol. The van der Waals surface area contributed by atoms with E-state index in [2.05, 4.69) is 14.0 Å². The highest BCUT2D eigenvalue weighted by Gasteiger charge is 2.05. The second kappa shape index (κ2) is 7.48. The summed E-state index contributed by atoms with van der Waals surface area (Å²) in [6.45, 7) is 5.87. The molecule has 0 amide bonds. The number of hydrogen-bond acceptors (Lipinski definition) is 3. The summed E-state index contributed by atoms with van der Waals surface area (Å²) < 4.78 is 18.0. The van der Waals surface area contributed by atoms with E-state index < -0.39 is 11.0 Å². The van der Waals surface area contributed by atoms with Gasteiger partial charge in [-0.3, -0.25) is 0 Å². The zero-order valence-electron chi connectivity index (χ0n) is 9.20. The summed E-state index contributed by atoms with van der Waals surface area (Å²) in [5.74, 6) is 0.225. The van der Waals surface area contributed by atoms with Crippen LogP contribution in [0.25, 0.3) is 0 Å². The SMILES string of the molecule is CC.Cc1cnc(OCl)c(NS(C)=O)c1. The Labute approximate surface area is 97.8 Å². The van der Waals surface area contributed by atoms with E-state index in [0.717, 1.165) is 5.56 Å². The normalized spacial score (nSPS) is 11.0. The molecule has 0 aromatic carbocycles. The number of nitrogens with zero attached hydrogens (tertiary/aromatic N) is 1. The lowest BCUT2D eigenvalue weighted by Gasteiger charge is -2.06. The van der Waals surface area contributed by atoms with Crippen molar-refractivity contribution < 1.29 is 8.50 Å². The molecule has 1 aromatic heterocycles. The minimum absolute atomic E-state index is 0.225. The van der Waals surface area contributed by atoms with Gasteiger partial charge in [-0.2, -0.15) is 0 Å². The maximum absolute atomic E-state index is 10.9. The highest BCUT2D eigenvalue weighted by Crippen LogP contribution is 2.23. The minimum Gasteiger partial charge on any atom is -0.362 e. The van der Waals surface area contributed by atoms with E-state index in [1.165, 1.54) is 6.26 Å². The fourth-order valence-corrected chi connectivity index (χ4v) is 1.42. The molecule has 0 aliphatic heterocycles. The summed E-state index contributed by atoms with van der Waals surface area (Å²) in [6.07, 6.45) is 3.13. The molecule has 0 fully saturated rings. The van der Waals surface area contributed by atoms with Gasteiger partial charge in [0.15, 0.2) is 0 Å². The number of rotatable bonds is 3. The average Bonchev–Trinajstić information content (AvgIpc) is 2.20. The fourth-order valence-electron chi connectivity index (χ4n) is 0.846. The first-order valence-corrected chi connectivity index (χ1v) is 6.35. The number of nitrogens with one attached hydrogen (secondary N) is 1. The van der Waals surface area contributed by atoms with Crippen LogP contribution in [0.3, 0.4) is 0 Å². The predicted octanol–water partition coefficient (Wildman–Crippen LogP) is 2.65. The zero-order valence-corrected chi connectivity index (χ0v) is 10.8. The molecule has 1 atom stereocenters. The van der Waals surface area contributed by atoms with Crippen LogP contribution >= 0.6 is 11.9 Å². The van der Waals surface area contributed by atoms with Gasteiger partial charge in [-0.15, -0.1) is 0 Å². The van der Waals surface area contributed by atoms with E-state index in [4.69, 9.17) is 11.9 Å². The van der Waals surface area contributed by atoms with Crippen LogP contribution in [0.4, 0.5) is 5.69 Å². The second-order valence-corrected chi connectivity index (χ2v) is 3.77. The number of halogens is 1. The van der Waals surface area contributed by atoms with Crippen LogP contribution in [0, 0.1) is 6.92 Å². The molecule has 1 aromatic rings. The van der Waals surface area contributed by atoms with Gasteiger partial charge in [-0.25, -0.2) is 9.19 Å². The Bertz CT molecular complexity index is 334. The van der Waals surface area contributed by atoms with Crippen molar-refractivity contribution in [2.45, 2.75) is 20.8 Å². The van der Waals surface area contributed by atoms with Crippen LogP contribution in [-0.2, 0) is 11.0 Å². The molecule has 0 aliphatic carbocycles. The number of pyridine rings is 1. The van der Waals surface area contributed by atoms with Crippen molar-refractivity contribution in [2.75, 3.05) is 11.0 Å². The van der Waals surface area contributed by atoms with E-state index >= 15 is 0 Å². The smallest absolute Gasteiger partial charge is 0.261 e. The Morgan fingerprint density at radius 2 is 2.13 bits per heavy atom. The van der Waals surface area contributed by atoms with Gasteiger partial charge >= 0.3 is 0 Å². The molecule has 0 aliphatic rings. The van der Waals surface area contributed by atoms with Crippen molar-refractivity contribution in [1.82, 2.24) is 4.98 Å². The highest BCUT2D eigenvalue weighted by atomic mass is 35.5. The first kappa shape index (κ1) is 14.2. The quantitative estimate of drug-likeness (QED) is 0.897. The lowest BCUT2D eigenvalue weighted by molar-refractivity contribution is 0.593. The van der Waals surface area contributed by atoms with Crippen molar-refractivity contribution in [2.24, 2.45) is 0 Å². The van der Waals surface area contributed by atoms with Crippen LogP contribution in [-0.4, -0.2) is 15.4 Å². The first-order valence-electron chi connectivity index (χ1n) is 4.49. The van der Waals surface area contributed by atoms with Crippen molar-refractivity contribution in [3.63, 3.8) is 0 Å². The van der Waals surface area contributed by atoms with E-state index in [-0.39, 0.29) is 5.88 Å². The van der Waals surface area contributed by atoms with Crippen molar-refractivity contribution >= 4 is 28.5 Å². The molecule has 1 N–H and O–H groups in total. The molecule has 86 valence electrons. The third-order valence-electron chi connectivity index (χ3n) is 1.31. The summed E-state index contributed by atoms with van der Waals surface area (Å²) in [6, 6.07) is 1.76. The Morgan fingerprint density at radius 1 is 1.53 bits per heavy atom. The summed E-state index contributed by atoms with van der Waals surface area (Å²) in [5.41, 5.74) is 1.46. The molecule has 0 saturated carbocycles. The summed E-state index contributed by atoms with van der Waals surface area (Å²) >= 11 is 5.17.